The van der Waals surface area contributed by atoms with E-state index in [0.29, 0.717) is 4.91 Å². The molecule has 0 fully saturated rings. The van der Waals surface area contributed by atoms with E-state index in [1.807, 2.05) is 36.4 Å². The first-order valence-electron chi connectivity index (χ1n) is 3.98. The van der Waals surface area contributed by atoms with Gasteiger partial charge in [0.15, 0.2) is 0 Å². The Bertz CT molecular complexity index is 282. The summed E-state index contributed by atoms with van der Waals surface area (Å²) in [7, 11) is 0. The molecule has 0 atom stereocenters. The molecule has 74 valence electrons. The maximum absolute atomic E-state index is 10.1. The van der Waals surface area contributed by atoms with Crippen molar-refractivity contribution < 1.29 is 9.90 Å². The second-order valence-electron chi connectivity index (χ2n) is 2.37. The molecule has 4 heteroatoms. The number of thioether (sulfide) groups is 2. The standard InChI is InChI=1S/C6H6.C4H4O2S2/c1-2-4-6-5-3-1;5-4(6)3-1-7-2-8-3/h1-6H;1H,2H2,(H,5,6). The summed E-state index contributed by atoms with van der Waals surface area (Å²) in [6.07, 6.45) is 0. The molecule has 0 radical (unpaired) electrons. The van der Waals surface area contributed by atoms with Crippen molar-refractivity contribution in [2.24, 2.45) is 0 Å². The van der Waals surface area contributed by atoms with Crippen LogP contribution >= 0.6 is 23.5 Å². The van der Waals surface area contributed by atoms with Gasteiger partial charge in [-0.15, -0.1) is 23.5 Å². The minimum Gasteiger partial charge on any atom is -0.477 e. The first-order chi connectivity index (χ1) is 6.80. The van der Waals surface area contributed by atoms with Crippen LogP contribution in [0.25, 0.3) is 0 Å². The highest BCUT2D eigenvalue weighted by atomic mass is 32.2. The minimum absolute atomic E-state index is 0.468. The fraction of sp³-hybridized carbons (Fsp3) is 0.100. The number of benzene rings is 1. The van der Waals surface area contributed by atoms with Crippen molar-refractivity contribution in [1.29, 1.82) is 0 Å². The van der Waals surface area contributed by atoms with Gasteiger partial charge in [0.25, 0.3) is 0 Å². The van der Waals surface area contributed by atoms with Crippen LogP contribution in [0.5, 0.6) is 0 Å². The van der Waals surface area contributed by atoms with Gasteiger partial charge in [-0.2, -0.15) is 0 Å². The minimum atomic E-state index is -0.806. The van der Waals surface area contributed by atoms with Crippen molar-refractivity contribution in [2.75, 3.05) is 5.08 Å². The van der Waals surface area contributed by atoms with Crippen LogP contribution in [-0.2, 0) is 4.79 Å². The van der Waals surface area contributed by atoms with Gasteiger partial charge in [0, 0.05) is 5.08 Å². The van der Waals surface area contributed by atoms with E-state index < -0.39 is 5.97 Å². The van der Waals surface area contributed by atoms with E-state index in [1.54, 1.807) is 5.41 Å². The summed E-state index contributed by atoms with van der Waals surface area (Å²) in [6.45, 7) is 0. The van der Waals surface area contributed by atoms with E-state index in [4.69, 9.17) is 5.11 Å². The second-order valence-corrected chi connectivity index (χ2v) is 4.61. The van der Waals surface area contributed by atoms with Crippen LogP contribution in [0, 0.1) is 0 Å². The largest absolute Gasteiger partial charge is 0.477 e. The zero-order valence-corrected chi connectivity index (χ0v) is 9.05. The number of aliphatic carboxylic acids is 1. The first-order valence-corrected chi connectivity index (χ1v) is 6.02. The number of rotatable bonds is 1. The van der Waals surface area contributed by atoms with Gasteiger partial charge in [-0.25, -0.2) is 4.79 Å². The predicted molar refractivity (Wildman–Crippen MR) is 62.2 cm³/mol. The topological polar surface area (TPSA) is 37.3 Å². The summed E-state index contributed by atoms with van der Waals surface area (Å²) < 4.78 is 0. The maximum Gasteiger partial charge on any atom is 0.342 e. The fourth-order valence-electron chi connectivity index (χ4n) is 0.738. The zero-order valence-electron chi connectivity index (χ0n) is 7.42. The van der Waals surface area contributed by atoms with Crippen LogP contribution in [0.1, 0.15) is 0 Å². The molecule has 1 aromatic rings. The molecule has 0 saturated carbocycles. The molecule has 2 rings (SSSR count). The van der Waals surface area contributed by atoms with Crippen LogP contribution in [0.4, 0.5) is 0 Å². The molecule has 0 bridgehead atoms. The van der Waals surface area contributed by atoms with Gasteiger partial charge in [0.05, 0.1) is 4.91 Å². The Morgan fingerprint density at radius 2 is 1.64 bits per heavy atom. The van der Waals surface area contributed by atoms with Gasteiger partial charge in [0.1, 0.15) is 0 Å². The molecule has 0 amide bonds. The summed E-state index contributed by atoms with van der Waals surface area (Å²) in [4.78, 5) is 10.6. The third kappa shape index (κ3) is 4.39. The van der Waals surface area contributed by atoms with Crippen LogP contribution in [0.2, 0.25) is 0 Å². The van der Waals surface area contributed by atoms with Gasteiger partial charge in [-0.3, -0.25) is 0 Å². The van der Waals surface area contributed by atoms with E-state index in [1.165, 1.54) is 23.5 Å². The lowest BCUT2D eigenvalue weighted by atomic mass is 10.4. The number of carboxylic acid groups (broad SMARTS) is 1. The van der Waals surface area contributed by atoms with Crippen molar-refractivity contribution in [3.63, 3.8) is 0 Å². The van der Waals surface area contributed by atoms with E-state index in [-0.39, 0.29) is 0 Å². The number of carbonyl (C=O) groups is 1. The Balaban J connectivity index is 0.000000146. The van der Waals surface area contributed by atoms with Crippen LogP contribution in [0.3, 0.4) is 0 Å². The second kappa shape index (κ2) is 6.56. The molecule has 14 heavy (non-hydrogen) atoms. The van der Waals surface area contributed by atoms with Crippen molar-refractivity contribution in [2.45, 2.75) is 0 Å². The Kier molecular flexibility index (Phi) is 5.25. The number of hydrogen-bond donors (Lipinski definition) is 1. The third-order valence-corrected chi connectivity index (χ3v) is 3.52. The number of carboxylic acids is 1. The molecule has 0 aliphatic carbocycles. The normalized spacial score (nSPS) is 13.9. The fourth-order valence-corrected chi connectivity index (χ4v) is 2.64. The lowest BCUT2D eigenvalue weighted by Crippen LogP contribution is -1.92. The predicted octanol–water partition coefficient (Wildman–Crippen LogP) is 3.04. The Labute approximate surface area is 91.4 Å². The Hall–Kier alpha value is -0.870. The molecule has 0 unspecified atom stereocenters. The molecule has 1 aliphatic rings. The molecule has 1 heterocycles. The van der Waals surface area contributed by atoms with E-state index in [0.717, 1.165) is 5.08 Å². The number of hydrogen-bond acceptors (Lipinski definition) is 3. The summed E-state index contributed by atoms with van der Waals surface area (Å²) in [5, 5.41) is 10.8. The van der Waals surface area contributed by atoms with E-state index in [2.05, 4.69) is 0 Å². The van der Waals surface area contributed by atoms with Crippen LogP contribution < -0.4 is 0 Å². The summed E-state index contributed by atoms with van der Waals surface area (Å²) in [5.41, 5.74) is 0. The van der Waals surface area contributed by atoms with E-state index >= 15 is 0 Å². The van der Waals surface area contributed by atoms with Crippen molar-refractivity contribution in [3.8, 4) is 0 Å². The highest BCUT2D eigenvalue weighted by molar-refractivity contribution is 8.22. The molecule has 1 N–H and O–H groups in total. The SMILES string of the molecule is O=C(O)C1=CSCS1.c1ccccc1. The Morgan fingerprint density at radius 3 is 1.86 bits per heavy atom. The van der Waals surface area contributed by atoms with Gasteiger partial charge in [0.2, 0.25) is 0 Å². The van der Waals surface area contributed by atoms with Crippen LogP contribution in [0.15, 0.2) is 46.7 Å². The zero-order chi connectivity index (χ0) is 10.2. The highest BCUT2D eigenvalue weighted by Crippen LogP contribution is 2.31. The lowest BCUT2D eigenvalue weighted by Gasteiger charge is -1.85. The summed E-state index contributed by atoms with van der Waals surface area (Å²) in [5.74, 6) is -0.806. The van der Waals surface area contributed by atoms with Crippen molar-refractivity contribution >= 4 is 29.5 Å². The molecule has 0 saturated heterocycles. The molecule has 0 spiro atoms. The Morgan fingerprint density at radius 1 is 1.14 bits per heavy atom. The molecule has 0 aromatic heterocycles. The van der Waals surface area contributed by atoms with Gasteiger partial charge < -0.3 is 5.11 Å². The maximum atomic E-state index is 10.1. The van der Waals surface area contributed by atoms with Gasteiger partial charge in [-0.1, -0.05) is 36.4 Å². The smallest absolute Gasteiger partial charge is 0.342 e. The summed E-state index contributed by atoms with van der Waals surface area (Å²) in [6, 6.07) is 12.0. The molecular weight excluding hydrogens is 216 g/mol. The molecule has 1 aromatic carbocycles. The third-order valence-electron chi connectivity index (χ3n) is 1.35. The quantitative estimate of drug-likeness (QED) is 0.798. The molecule has 2 nitrogen and oxygen atoms in total. The van der Waals surface area contributed by atoms with Gasteiger partial charge >= 0.3 is 5.97 Å². The first kappa shape index (κ1) is 11.2. The summed E-state index contributed by atoms with van der Waals surface area (Å²) >= 11 is 2.91. The van der Waals surface area contributed by atoms with Crippen LogP contribution in [-0.4, -0.2) is 16.2 Å². The molecular formula is C10H10O2S2. The van der Waals surface area contributed by atoms with E-state index in [9.17, 15) is 4.79 Å². The monoisotopic (exact) mass is 226 g/mol. The highest BCUT2D eigenvalue weighted by Gasteiger charge is 2.11. The average Bonchev–Trinajstić information content (AvgIpc) is 2.74. The van der Waals surface area contributed by atoms with Crippen molar-refractivity contribution in [1.82, 2.24) is 0 Å². The van der Waals surface area contributed by atoms with Crippen molar-refractivity contribution in [3.05, 3.63) is 46.7 Å². The molecule has 1 aliphatic heterocycles. The van der Waals surface area contributed by atoms with Gasteiger partial charge in [-0.05, 0) is 5.41 Å². The lowest BCUT2D eigenvalue weighted by molar-refractivity contribution is -0.131. The average molecular weight is 226 g/mol.